The van der Waals surface area contributed by atoms with Crippen LogP contribution in [0, 0.1) is 0 Å². The van der Waals surface area contributed by atoms with Crippen molar-refractivity contribution in [3.8, 4) is 0 Å². The summed E-state index contributed by atoms with van der Waals surface area (Å²) in [5, 5.41) is 4.77. The van der Waals surface area contributed by atoms with E-state index >= 15 is 0 Å². The number of nitrogens with one attached hydrogen (secondary N) is 1. The summed E-state index contributed by atoms with van der Waals surface area (Å²) in [7, 11) is 0. The quantitative estimate of drug-likeness (QED) is 0.817. The van der Waals surface area contributed by atoms with Crippen molar-refractivity contribution in [2.75, 3.05) is 11.4 Å². The van der Waals surface area contributed by atoms with Gasteiger partial charge in [0.25, 0.3) is 0 Å². The molecule has 1 aromatic heterocycles. The third-order valence-electron chi connectivity index (χ3n) is 3.24. The van der Waals surface area contributed by atoms with Crippen LogP contribution in [-0.2, 0) is 13.0 Å². The first-order chi connectivity index (χ1) is 9.28. The number of anilines is 1. The van der Waals surface area contributed by atoms with E-state index in [9.17, 15) is 0 Å². The van der Waals surface area contributed by atoms with Crippen LogP contribution in [0.25, 0.3) is 0 Å². The molecule has 0 aromatic carbocycles. The van der Waals surface area contributed by atoms with Crippen LogP contribution in [0.3, 0.4) is 0 Å². The second kappa shape index (κ2) is 7.41. The molecule has 0 aliphatic rings. The van der Waals surface area contributed by atoms with Gasteiger partial charge in [0.2, 0.25) is 0 Å². The molecule has 0 atom stereocenters. The Kier molecular flexibility index (Phi) is 6.46. The fourth-order valence-electron chi connectivity index (χ4n) is 2.13. The van der Waals surface area contributed by atoms with Gasteiger partial charge >= 0.3 is 0 Å². The average Bonchev–Trinajstić information content (AvgIpc) is 2.70. The SMILES string of the molecule is CCCc1nc(N(CC)C(C)C)sc1CNC(C)(C)C. The molecule has 1 aromatic rings. The molecular formula is C16H31N3S. The topological polar surface area (TPSA) is 28.2 Å². The van der Waals surface area contributed by atoms with Crippen molar-refractivity contribution >= 4 is 16.5 Å². The molecule has 0 fully saturated rings. The maximum absolute atomic E-state index is 4.90. The van der Waals surface area contributed by atoms with Gasteiger partial charge in [0.15, 0.2) is 5.13 Å². The smallest absolute Gasteiger partial charge is 0.186 e. The number of aryl methyl sites for hydroxylation is 1. The summed E-state index contributed by atoms with van der Waals surface area (Å²) >= 11 is 1.85. The number of thiazole rings is 1. The van der Waals surface area contributed by atoms with E-state index in [1.165, 1.54) is 15.7 Å². The highest BCUT2D eigenvalue weighted by Crippen LogP contribution is 2.29. The first-order valence-corrected chi connectivity index (χ1v) is 8.60. The van der Waals surface area contributed by atoms with E-state index in [-0.39, 0.29) is 5.54 Å². The molecule has 0 bridgehead atoms. The second-order valence-electron chi connectivity index (χ2n) is 6.60. The first-order valence-electron chi connectivity index (χ1n) is 7.78. The van der Waals surface area contributed by atoms with Crippen LogP contribution in [0.15, 0.2) is 0 Å². The molecule has 0 amide bonds. The van der Waals surface area contributed by atoms with Gasteiger partial charge in [0.1, 0.15) is 0 Å². The van der Waals surface area contributed by atoms with E-state index in [2.05, 4.69) is 58.7 Å². The molecule has 0 unspecified atom stereocenters. The Hall–Kier alpha value is -0.610. The lowest BCUT2D eigenvalue weighted by molar-refractivity contribution is 0.425. The Bertz CT molecular complexity index is 404. The standard InChI is InChI=1S/C16H31N3S/c1-8-10-13-14(11-17-16(5,6)7)20-15(18-13)19(9-2)12(3)4/h12,17H,8-11H2,1-7H3. The monoisotopic (exact) mass is 297 g/mol. The lowest BCUT2D eigenvalue weighted by Crippen LogP contribution is -2.35. The zero-order chi connectivity index (χ0) is 15.3. The van der Waals surface area contributed by atoms with Gasteiger partial charge < -0.3 is 10.2 Å². The molecule has 116 valence electrons. The first kappa shape index (κ1) is 17.4. The van der Waals surface area contributed by atoms with Crippen LogP contribution in [-0.4, -0.2) is 23.1 Å². The van der Waals surface area contributed by atoms with Gasteiger partial charge in [-0.2, -0.15) is 0 Å². The van der Waals surface area contributed by atoms with E-state index in [1.54, 1.807) is 0 Å². The third kappa shape index (κ3) is 5.06. The Morgan fingerprint density at radius 2 is 1.90 bits per heavy atom. The van der Waals surface area contributed by atoms with Gasteiger partial charge in [-0.05, 0) is 48.0 Å². The fraction of sp³-hybridized carbons (Fsp3) is 0.812. The minimum Gasteiger partial charge on any atom is -0.346 e. The van der Waals surface area contributed by atoms with E-state index in [0.29, 0.717) is 6.04 Å². The number of rotatable bonds is 7. The van der Waals surface area contributed by atoms with Gasteiger partial charge in [-0.1, -0.05) is 13.3 Å². The van der Waals surface area contributed by atoms with Crippen LogP contribution in [0.5, 0.6) is 0 Å². The van der Waals surface area contributed by atoms with E-state index < -0.39 is 0 Å². The molecular weight excluding hydrogens is 266 g/mol. The third-order valence-corrected chi connectivity index (χ3v) is 4.38. The van der Waals surface area contributed by atoms with Crippen molar-refractivity contribution in [1.82, 2.24) is 10.3 Å². The normalized spacial score (nSPS) is 12.2. The van der Waals surface area contributed by atoms with Crippen LogP contribution < -0.4 is 10.2 Å². The number of hydrogen-bond acceptors (Lipinski definition) is 4. The Balaban J connectivity index is 2.94. The van der Waals surface area contributed by atoms with Gasteiger partial charge in [-0.3, -0.25) is 0 Å². The summed E-state index contributed by atoms with van der Waals surface area (Å²) in [5.74, 6) is 0. The highest BCUT2D eigenvalue weighted by atomic mass is 32.1. The number of aromatic nitrogens is 1. The minimum atomic E-state index is 0.149. The largest absolute Gasteiger partial charge is 0.346 e. The highest BCUT2D eigenvalue weighted by molar-refractivity contribution is 7.15. The summed E-state index contributed by atoms with van der Waals surface area (Å²) in [6.45, 7) is 17.5. The summed E-state index contributed by atoms with van der Waals surface area (Å²) in [5.41, 5.74) is 1.43. The zero-order valence-corrected chi connectivity index (χ0v) is 15.0. The van der Waals surface area contributed by atoms with Crippen molar-refractivity contribution in [3.63, 3.8) is 0 Å². The molecule has 1 heterocycles. The van der Waals surface area contributed by atoms with Gasteiger partial charge in [-0.25, -0.2) is 4.98 Å². The van der Waals surface area contributed by atoms with Crippen molar-refractivity contribution in [3.05, 3.63) is 10.6 Å². The highest BCUT2D eigenvalue weighted by Gasteiger charge is 2.18. The lowest BCUT2D eigenvalue weighted by Gasteiger charge is -2.24. The summed E-state index contributed by atoms with van der Waals surface area (Å²) in [6, 6.07) is 0.504. The number of nitrogens with zero attached hydrogens (tertiary/aromatic N) is 2. The van der Waals surface area contributed by atoms with Crippen LogP contribution in [0.1, 0.15) is 65.5 Å². The molecule has 1 N–H and O–H groups in total. The Morgan fingerprint density at radius 3 is 2.35 bits per heavy atom. The maximum Gasteiger partial charge on any atom is 0.186 e. The lowest BCUT2D eigenvalue weighted by atomic mass is 10.1. The Labute approximate surface area is 128 Å². The zero-order valence-electron chi connectivity index (χ0n) is 14.2. The van der Waals surface area contributed by atoms with E-state index in [0.717, 1.165) is 25.9 Å². The van der Waals surface area contributed by atoms with Crippen LogP contribution in [0.4, 0.5) is 5.13 Å². The summed E-state index contributed by atoms with van der Waals surface area (Å²) < 4.78 is 0. The van der Waals surface area contributed by atoms with Crippen molar-refractivity contribution < 1.29 is 0 Å². The Morgan fingerprint density at radius 1 is 1.25 bits per heavy atom. The predicted molar refractivity (Wildman–Crippen MR) is 90.9 cm³/mol. The molecule has 0 aliphatic heterocycles. The molecule has 0 saturated heterocycles. The van der Waals surface area contributed by atoms with Crippen LogP contribution >= 0.6 is 11.3 Å². The molecule has 0 aliphatic carbocycles. The molecule has 3 nitrogen and oxygen atoms in total. The van der Waals surface area contributed by atoms with E-state index in [4.69, 9.17) is 4.98 Å². The molecule has 0 spiro atoms. The average molecular weight is 298 g/mol. The van der Waals surface area contributed by atoms with Gasteiger partial charge in [-0.15, -0.1) is 11.3 Å². The van der Waals surface area contributed by atoms with Crippen molar-refractivity contribution in [1.29, 1.82) is 0 Å². The predicted octanol–water partition coefficient (Wildman–Crippen LogP) is 4.22. The van der Waals surface area contributed by atoms with Crippen molar-refractivity contribution in [2.45, 2.75) is 79.4 Å². The van der Waals surface area contributed by atoms with E-state index in [1.807, 2.05) is 11.3 Å². The van der Waals surface area contributed by atoms with Gasteiger partial charge in [0, 0.05) is 29.5 Å². The number of hydrogen-bond donors (Lipinski definition) is 1. The minimum absolute atomic E-state index is 0.149. The molecule has 20 heavy (non-hydrogen) atoms. The second-order valence-corrected chi connectivity index (χ2v) is 7.66. The fourth-order valence-corrected chi connectivity index (χ4v) is 3.37. The molecule has 1 rings (SSSR count). The van der Waals surface area contributed by atoms with Crippen molar-refractivity contribution in [2.24, 2.45) is 0 Å². The van der Waals surface area contributed by atoms with Gasteiger partial charge in [0.05, 0.1) is 5.69 Å². The summed E-state index contributed by atoms with van der Waals surface area (Å²) in [6.07, 6.45) is 2.23. The van der Waals surface area contributed by atoms with Crippen LogP contribution in [0.2, 0.25) is 0 Å². The molecule has 4 heteroatoms. The molecule has 0 radical (unpaired) electrons. The maximum atomic E-state index is 4.90. The summed E-state index contributed by atoms with van der Waals surface area (Å²) in [4.78, 5) is 8.68. The molecule has 0 saturated carbocycles.